The van der Waals surface area contributed by atoms with Crippen molar-refractivity contribution in [1.82, 2.24) is 5.32 Å². The quantitative estimate of drug-likeness (QED) is 0.851. The molecule has 0 bridgehead atoms. The van der Waals surface area contributed by atoms with Crippen molar-refractivity contribution < 1.29 is 9.59 Å². The smallest absolute Gasteiger partial charge is 0.249 e. The first-order valence-corrected chi connectivity index (χ1v) is 8.19. The summed E-state index contributed by atoms with van der Waals surface area (Å²) in [4.78, 5) is 28.0. The lowest BCUT2D eigenvalue weighted by molar-refractivity contribution is -0.134. The van der Waals surface area contributed by atoms with Crippen LogP contribution in [0.5, 0.6) is 0 Å². The minimum Gasteiger partial charge on any atom is -0.355 e. The first-order chi connectivity index (χ1) is 10.8. The van der Waals surface area contributed by atoms with E-state index in [9.17, 15) is 9.59 Å². The lowest BCUT2D eigenvalue weighted by Gasteiger charge is -2.31. The fraction of sp³-hybridized carbons (Fsp3) is 0.556. The van der Waals surface area contributed by atoms with Crippen molar-refractivity contribution >= 4 is 23.2 Å². The molecule has 0 saturated carbocycles. The summed E-state index contributed by atoms with van der Waals surface area (Å²) in [6.07, 6.45) is 1.98. The topological polar surface area (TPSA) is 52.6 Å². The summed E-state index contributed by atoms with van der Waals surface area (Å²) in [7, 11) is 2.07. The predicted octanol–water partition coefficient (Wildman–Crippen LogP) is 2.29. The first kappa shape index (κ1) is 15.8. The number of hydrogen-bond acceptors (Lipinski definition) is 4. The Hall–Kier alpha value is -2.04. The van der Waals surface area contributed by atoms with Gasteiger partial charge in [-0.05, 0) is 29.9 Å². The van der Waals surface area contributed by atoms with Crippen LogP contribution in [0, 0.1) is 5.41 Å². The Morgan fingerprint density at radius 1 is 1.26 bits per heavy atom. The van der Waals surface area contributed by atoms with Crippen LogP contribution in [0.1, 0.15) is 39.2 Å². The second kappa shape index (κ2) is 5.55. The van der Waals surface area contributed by atoms with Crippen LogP contribution < -0.4 is 15.1 Å². The molecule has 0 aliphatic carbocycles. The number of hydrogen-bond donors (Lipinski definition) is 1. The van der Waals surface area contributed by atoms with E-state index in [-0.39, 0.29) is 23.3 Å². The summed E-state index contributed by atoms with van der Waals surface area (Å²) in [5.74, 6) is -0.343. The van der Waals surface area contributed by atoms with Crippen molar-refractivity contribution in [1.29, 1.82) is 0 Å². The van der Waals surface area contributed by atoms with Crippen LogP contribution >= 0.6 is 0 Å². The number of imide groups is 1. The SMILES string of the molecule is CN1CN(C2CCC(=O)NC2=O)c2cccc(CC(C)(C)C)c21. The minimum absolute atomic E-state index is 0.166. The molecule has 0 aromatic heterocycles. The molecule has 1 N–H and O–H groups in total. The third-order valence-corrected chi connectivity index (χ3v) is 4.46. The average Bonchev–Trinajstić information content (AvgIpc) is 2.75. The van der Waals surface area contributed by atoms with Crippen molar-refractivity contribution in [3.05, 3.63) is 23.8 Å². The summed E-state index contributed by atoms with van der Waals surface area (Å²) in [6, 6.07) is 6.06. The number of nitrogens with zero attached hydrogens (tertiary/aromatic N) is 2. The summed E-state index contributed by atoms with van der Waals surface area (Å²) in [6.45, 7) is 7.39. The van der Waals surface area contributed by atoms with Gasteiger partial charge in [0.05, 0.1) is 18.0 Å². The van der Waals surface area contributed by atoms with Crippen LogP contribution in [0.15, 0.2) is 18.2 Å². The Kier molecular flexibility index (Phi) is 3.82. The molecule has 23 heavy (non-hydrogen) atoms. The third-order valence-electron chi connectivity index (χ3n) is 4.46. The van der Waals surface area contributed by atoms with Gasteiger partial charge in [0.2, 0.25) is 11.8 Å². The molecular formula is C18H25N3O2. The van der Waals surface area contributed by atoms with E-state index in [4.69, 9.17) is 0 Å². The monoisotopic (exact) mass is 315 g/mol. The fourth-order valence-corrected chi connectivity index (χ4v) is 3.59. The van der Waals surface area contributed by atoms with Gasteiger partial charge in [0.15, 0.2) is 0 Å². The fourth-order valence-electron chi connectivity index (χ4n) is 3.59. The highest BCUT2D eigenvalue weighted by atomic mass is 16.2. The van der Waals surface area contributed by atoms with Gasteiger partial charge in [-0.15, -0.1) is 0 Å². The molecule has 1 saturated heterocycles. The summed E-state index contributed by atoms with van der Waals surface area (Å²) in [5, 5.41) is 2.47. The molecule has 2 aliphatic heterocycles. The van der Waals surface area contributed by atoms with Gasteiger partial charge in [-0.1, -0.05) is 32.9 Å². The number of anilines is 2. The van der Waals surface area contributed by atoms with Gasteiger partial charge in [0.1, 0.15) is 6.04 Å². The molecule has 5 nitrogen and oxygen atoms in total. The number of carbonyl (C=O) groups excluding carboxylic acids is 2. The number of nitrogens with one attached hydrogen (secondary N) is 1. The molecule has 2 amide bonds. The van der Waals surface area contributed by atoms with Crippen molar-refractivity contribution in [2.45, 2.75) is 46.1 Å². The Morgan fingerprint density at radius 3 is 2.65 bits per heavy atom. The highest BCUT2D eigenvalue weighted by molar-refractivity contribution is 6.02. The Balaban J connectivity index is 1.94. The highest BCUT2D eigenvalue weighted by Crippen LogP contribution is 2.41. The highest BCUT2D eigenvalue weighted by Gasteiger charge is 2.37. The van der Waals surface area contributed by atoms with Gasteiger partial charge in [-0.3, -0.25) is 14.9 Å². The molecule has 1 aromatic carbocycles. The maximum Gasteiger partial charge on any atom is 0.249 e. The van der Waals surface area contributed by atoms with Crippen molar-refractivity contribution in [3.63, 3.8) is 0 Å². The largest absolute Gasteiger partial charge is 0.355 e. The van der Waals surface area contributed by atoms with E-state index in [1.165, 1.54) is 11.3 Å². The zero-order valence-electron chi connectivity index (χ0n) is 14.3. The molecule has 2 heterocycles. The molecule has 5 heteroatoms. The van der Waals surface area contributed by atoms with E-state index in [1.54, 1.807) is 0 Å². The molecule has 1 unspecified atom stereocenters. The third kappa shape index (κ3) is 3.05. The lowest BCUT2D eigenvalue weighted by atomic mass is 9.87. The van der Waals surface area contributed by atoms with Gasteiger partial charge in [-0.2, -0.15) is 0 Å². The second-order valence-electron chi connectivity index (χ2n) is 7.80. The van der Waals surface area contributed by atoms with Crippen molar-refractivity contribution in [3.8, 4) is 0 Å². The van der Waals surface area contributed by atoms with E-state index >= 15 is 0 Å². The van der Waals surface area contributed by atoms with E-state index in [2.05, 4.69) is 61.1 Å². The number of fused-ring (bicyclic) bond motifs is 1. The van der Waals surface area contributed by atoms with Crippen LogP contribution in [0.3, 0.4) is 0 Å². The number of para-hydroxylation sites is 1. The van der Waals surface area contributed by atoms with Crippen LogP contribution in [-0.4, -0.2) is 31.6 Å². The average molecular weight is 315 g/mol. The molecule has 3 rings (SSSR count). The number of piperidine rings is 1. The summed E-state index contributed by atoms with van der Waals surface area (Å²) >= 11 is 0. The van der Waals surface area contributed by atoms with E-state index < -0.39 is 0 Å². The Bertz CT molecular complexity index is 648. The number of amides is 2. The van der Waals surface area contributed by atoms with Gasteiger partial charge in [0, 0.05) is 13.5 Å². The maximum atomic E-state index is 12.2. The molecule has 0 radical (unpaired) electrons. The van der Waals surface area contributed by atoms with Crippen LogP contribution in [0.25, 0.3) is 0 Å². The summed E-state index contributed by atoms with van der Waals surface area (Å²) in [5.41, 5.74) is 3.83. The Morgan fingerprint density at radius 2 is 2.00 bits per heavy atom. The molecule has 124 valence electrons. The summed E-state index contributed by atoms with van der Waals surface area (Å²) < 4.78 is 0. The Labute approximate surface area is 137 Å². The van der Waals surface area contributed by atoms with Gasteiger partial charge < -0.3 is 9.80 Å². The molecule has 2 aliphatic rings. The van der Waals surface area contributed by atoms with E-state index in [0.29, 0.717) is 19.5 Å². The molecule has 1 fully saturated rings. The first-order valence-electron chi connectivity index (χ1n) is 8.19. The second-order valence-corrected chi connectivity index (χ2v) is 7.80. The molecule has 0 spiro atoms. The van der Waals surface area contributed by atoms with Gasteiger partial charge in [-0.25, -0.2) is 0 Å². The lowest BCUT2D eigenvalue weighted by Crippen LogP contribution is -2.53. The van der Waals surface area contributed by atoms with Gasteiger partial charge in [0.25, 0.3) is 0 Å². The van der Waals surface area contributed by atoms with Crippen LogP contribution in [-0.2, 0) is 16.0 Å². The number of carbonyl (C=O) groups is 2. The maximum absolute atomic E-state index is 12.2. The van der Waals surface area contributed by atoms with Gasteiger partial charge >= 0.3 is 0 Å². The number of rotatable bonds is 2. The number of benzene rings is 1. The van der Waals surface area contributed by atoms with E-state index in [1.807, 2.05) is 0 Å². The normalized spacial score (nSPS) is 21.5. The van der Waals surface area contributed by atoms with Crippen molar-refractivity contribution in [2.24, 2.45) is 5.41 Å². The standard InChI is InChI=1S/C18H25N3O2/c1-18(2,3)10-12-6-5-7-13-16(12)20(4)11-21(13)14-8-9-15(22)19-17(14)23/h5-7,14H,8-11H2,1-4H3,(H,19,22,23). The van der Waals surface area contributed by atoms with Crippen LogP contribution in [0.4, 0.5) is 11.4 Å². The zero-order valence-corrected chi connectivity index (χ0v) is 14.3. The zero-order chi connectivity index (χ0) is 16.8. The molecule has 1 aromatic rings. The van der Waals surface area contributed by atoms with Crippen LogP contribution in [0.2, 0.25) is 0 Å². The molecular weight excluding hydrogens is 290 g/mol. The molecule has 1 atom stereocenters. The van der Waals surface area contributed by atoms with Crippen molar-refractivity contribution in [2.75, 3.05) is 23.5 Å². The van der Waals surface area contributed by atoms with E-state index in [0.717, 1.165) is 12.1 Å². The predicted molar refractivity (Wildman–Crippen MR) is 91.5 cm³/mol. The minimum atomic E-state index is -0.263.